The van der Waals surface area contributed by atoms with Crippen molar-refractivity contribution in [2.24, 2.45) is 0 Å². The van der Waals surface area contributed by atoms with Crippen LogP contribution in [0.5, 0.6) is 0 Å². The topological polar surface area (TPSA) is 23.8 Å². The zero-order valence-electron chi connectivity index (χ0n) is 2.02. The predicted octanol–water partition coefficient (Wildman–Crippen LogP) is 0.660. The Morgan fingerprint density at radius 3 is 2.00 bits per heavy atom. The third-order valence-corrected chi connectivity index (χ3v) is 0.376. The minimum atomic E-state index is 0. The van der Waals surface area contributed by atoms with Crippen LogP contribution in [0.4, 0.5) is 0 Å². The molecule has 0 saturated carbocycles. The van der Waals surface area contributed by atoms with Crippen molar-refractivity contribution >= 4 is 10.2 Å². The van der Waals surface area contributed by atoms with Crippen LogP contribution in [0.25, 0.3) is 0 Å². The van der Waals surface area contributed by atoms with Crippen LogP contribution < -0.4 is 0 Å². The summed E-state index contributed by atoms with van der Waals surface area (Å²) in [6.45, 7) is 0. The molecule has 0 spiro atoms. The Balaban J connectivity index is 0. The summed E-state index contributed by atoms with van der Waals surface area (Å²) in [6, 6.07) is 0. The largest absolute Gasteiger partial charge is 2.00 e. The van der Waals surface area contributed by atoms with E-state index in [1.807, 2.05) is 0 Å². The van der Waals surface area contributed by atoms with Gasteiger partial charge < -0.3 is 0 Å². The van der Waals surface area contributed by atoms with Gasteiger partial charge in [-0.2, -0.15) is 0 Å². The Bertz CT molecular complexity index is 39.4. The minimum absolute atomic E-state index is 0. The molecule has 0 aromatic heterocycles. The molecule has 30 valence electrons. The van der Waals surface area contributed by atoms with Gasteiger partial charge in [-0.05, 0) is 0 Å². The van der Waals surface area contributed by atoms with Crippen LogP contribution in [-0.4, -0.2) is 0 Å². The summed E-state index contributed by atoms with van der Waals surface area (Å²) in [4.78, 5) is 0. The van der Waals surface area contributed by atoms with Crippen LogP contribution >= 0.6 is 10.2 Å². The first-order valence-corrected chi connectivity index (χ1v) is 2.52. The van der Waals surface area contributed by atoms with E-state index in [9.17, 15) is 0 Å². The van der Waals surface area contributed by atoms with E-state index in [0.29, 0.717) is 0 Å². The van der Waals surface area contributed by atoms with E-state index in [1.54, 1.807) is 5.40 Å². The van der Waals surface area contributed by atoms with E-state index >= 15 is 0 Å². The number of thiocyanates is 1. The van der Waals surface area contributed by atoms with Crippen molar-refractivity contribution in [2.75, 3.05) is 0 Å². The molecular formula is CCo2NS+3. The second kappa shape index (κ2) is 8.85. The van der Waals surface area contributed by atoms with Gasteiger partial charge in [-0.25, -0.2) is 0 Å². The van der Waals surface area contributed by atoms with Crippen molar-refractivity contribution in [3.05, 3.63) is 0 Å². The van der Waals surface area contributed by atoms with E-state index in [2.05, 4.69) is 14.6 Å². The van der Waals surface area contributed by atoms with Crippen molar-refractivity contribution in [3.63, 3.8) is 0 Å². The van der Waals surface area contributed by atoms with Crippen molar-refractivity contribution in [1.82, 2.24) is 0 Å². The molecule has 4 heteroatoms. The predicted molar refractivity (Wildman–Crippen MR) is 13.2 cm³/mol. The SMILES string of the molecule is N#C[S][Co+].[Co+2]. The van der Waals surface area contributed by atoms with Gasteiger partial charge in [0.2, 0.25) is 0 Å². The van der Waals surface area contributed by atoms with E-state index < -0.39 is 0 Å². The standard InChI is InChI=1S/CHNS.2Co/c2-1-3;;/h3H;;/q;2*+2/p-1. The van der Waals surface area contributed by atoms with E-state index in [1.165, 1.54) is 0 Å². The molecular weight excluding hydrogens is 176 g/mol. The van der Waals surface area contributed by atoms with Crippen molar-refractivity contribution in [2.45, 2.75) is 0 Å². The average molecular weight is 176 g/mol. The van der Waals surface area contributed by atoms with Crippen molar-refractivity contribution < 1.29 is 31.4 Å². The van der Waals surface area contributed by atoms with Gasteiger partial charge in [0.15, 0.2) is 0 Å². The summed E-state index contributed by atoms with van der Waals surface area (Å²) >= 11 is 3.52. The van der Waals surface area contributed by atoms with E-state index in [4.69, 9.17) is 5.26 Å². The first-order chi connectivity index (χ1) is 1.91. The number of hydrogen-bond acceptors (Lipinski definition) is 2. The number of rotatable bonds is 0. The molecule has 0 bridgehead atoms. The maximum absolute atomic E-state index is 7.51. The summed E-state index contributed by atoms with van der Waals surface area (Å²) in [6.07, 6.45) is 0. The summed E-state index contributed by atoms with van der Waals surface area (Å²) in [5.41, 5.74) is 0. The molecule has 1 radical (unpaired) electrons. The summed E-state index contributed by atoms with van der Waals surface area (Å²) < 4.78 is 0. The Labute approximate surface area is 52.4 Å². The second-order valence-corrected chi connectivity index (χ2v) is 1.12. The number of nitrogens with zero attached hydrogens (tertiary/aromatic N) is 1. The summed E-state index contributed by atoms with van der Waals surface area (Å²) in [5.74, 6) is 0. The fourth-order valence-corrected chi connectivity index (χ4v) is 0. The molecule has 0 rings (SSSR count). The average Bonchev–Trinajstić information content (AvgIpc) is 1.37. The van der Waals surface area contributed by atoms with Crippen LogP contribution in [0.2, 0.25) is 0 Å². The zero-order valence-corrected chi connectivity index (χ0v) is 4.92. The Kier molecular flexibility index (Phi) is 16.4. The third-order valence-electron chi connectivity index (χ3n) is 0.0304. The van der Waals surface area contributed by atoms with Crippen LogP contribution in [0.15, 0.2) is 0 Å². The van der Waals surface area contributed by atoms with Crippen LogP contribution in [0.1, 0.15) is 0 Å². The number of nitriles is 1. The zero-order chi connectivity index (χ0) is 3.41. The Morgan fingerprint density at radius 1 is 1.80 bits per heavy atom. The van der Waals surface area contributed by atoms with Crippen LogP contribution in [0, 0.1) is 10.7 Å². The van der Waals surface area contributed by atoms with E-state index in [0.717, 1.165) is 10.2 Å². The van der Waals surface area contributed by atoms with Gasteiger partial charge >= 0.3 is 52.3 Å². The summed E-state index contributed by atoms with van der Waals surface area (Å²) in [5, 5.41) is 9.22. The molecule has 0 saturated heterocycles. The first-order valence-electron chi connectivity index (χ1n) is 0.564. The van der Waals surface area contributed by atoms with Gasteiger partial charge in [-0.15, -0.1) is 0 Å². The van der Waals surface area contributed by atoms with E-state index in [-0.39, 0.29) is 16.8 Å². The fourth-order valence-electron chi connectivity index (χ4n) is 0. The molecule has 0 atom stereocenters. The fraction of sp³-hybridized carbons (Fsp3) is 0. The molecule has 0 aliphatic rings. The quantitative estimate of drug-likeness (QED) is 0.506. The molecule has 0 aromatic rings. The summed E-state index contributed by atoms with van der Waals surface area (Å²) in [7, 11) is 0.850. The van der Waals surface area contributed by atoms with Gasteiger partial charge in [-0.1, -0.05) is 0 Å². The van der Waals surface area contributed by atoms with Gasteiger partial charge in [0.25, 0.3) is 0 Å². The monoisotopic (exact) mass is 176 g/mol. The molecule has 0 amide bonds. The molecule has 0 aromatic carbocycles. The molecule has 0 heterocycles. The Morgan fingerprint density at radius 2 is 2.00 bits per heavy atom. The van der Waals surface area contributed by atoms with Gasteiger partial charge in [0.05, 0.1) is 0 Å². The maximum atomic E-state index is 7.51. The third kappa shape index (κ3) is 11.5. The van der Waals surface area contributed by atoms with Crippen LogP contribution in [0.3, 0.4) is 0 Å². The molecule has 0 aliphatic heterocycles. The molecule has 0 fully saturated rings. The van der Waals surface area contributed by atoms with Crippen LogP contribution in [-0.2, 0) is 31.4 Å². The smallest absolute Gasteiger partial charge is 2.00 e. The normalized spacial score (nSPS) is 4.00. The van der Waals surface area contributed by atoms with Gasteiger partial charge in [0, 0.05) is 0 Å². The maximum Gasteiger partial charge on any atom is 2.00 e. The first kappa shape index (κ1) is 9.29. The number of hydrogen-bond donors (Lipinski definition) is 0. The second-order valence-electron chi connectivity index (χ2n) is 0.159. The minimum Gasteiger partial charge on any atom is 2.00 e. The molecule has 1 nitrogen and oxygen atoms in total. The molecule has 5 heavy (non-hydrogen) atoms. The molecule has 0 aliphatic carbocycles. The molecule has 0 N–H and O–H groups in total. The Hall–Kier alpha value is 0.853. The molecule has 0 unspecified atom stereocenters. The van der Waals surface area contributed by atoms with Gasteiger partial charge in [0.1, 0.15) is 0 Å². The van der Waals surface area contributed by atoms with Crippen molar-refractivity contribution in [3.8, 4) is 5.40 Å². The van der Waals surface area contributed by atoms with Crippen molar-refractivity contribution in [1.29, 1.82) is 5.26 Å². The van der Waals surface area contributed by atoms with Gasteiger partial charge in [-0.3, -0.25) is 0 Å².